The van der Waals surface area contributed by atoms with Crippen molar-refractivity contribution < 1.29 is 4.79 Å². The third-order valence-electron chi connectivity index (χ3n) is 4.64. The fraction of sp³-hybridized carbons (Fsp3) is 0.474. The Labute approximate surface area is 153 Å². The molecule has 1 N–H and O–H groups in total. The maximum absolute atomic E-state index is 12.4. The number of hydrogen-bond acceptors (Lipinski definition) is 3. The SMILES string of the molecule is CCSc1ccc(NC(=O)N2CCC(CCn3cccn3)CC2)cc1. The summed E-state index contributed by atoms with van der Waals surface area (Å²) in [5.74, 6) is 1.74. The molecule has 0 atom stereocenters. The molecule has 0 saturated carbocycles. The van der Waals surface area contributed by atoms with Crippen molar-refractivity contribution in [2.45, 2.75) is 37.6 Å². The molecule has 0 unspecified atom stereocenters. The van der Waals surface area contributed by atoms with Gasteiger partial charge in [0.2, 0.25) is 0 Å². The molecule has 0 radical (unpaired) electrons. The number of rotatable bonds is 6. The van der Waals surface area contributed by atoms with E-state index in [1.54, 1.807) is 11.8 Å². The van der Waals surface area contributed by atoms with Gasteiger partial charge in [-0.15, -0.1) is 11.8 Å². The number of piperidine rings is 1. The summed E-state index contributed by atoms with van der Waals surface area (Å²) in [5, 5.41) is 7.26. The van der Waals surface area contributed by atoms with Crippen LogP contribution in [0, 0.1) is 5.92 Å². The summed E-state index contributed by atoms with van der Waals surface area (Å²) in [6, 6.07) is 10.1. The van der Waals surface area contributed by atoms with Gasteiger partial charge in [-0.2, -0.15) is 5.10 Å². The summed E-state index contributed by atoms with van der Waals surface area (Å²) in [7, 11) is 0. The molecule has 134 valence electrons. The minimum atomic E-state index is 0.0152. The first-order chi connectivity index (χ1) is 12.2. The lowest BCUT2D eigenvalue weighted by Crippen LogP contribution is -2.41. The van der Waals surface area contributed by atoms with Gasteiger partial charge in [-0.3, -0.25) is 4.68 Å². The van der Waals surface area contributed by atoms with Gasteiger partial charge in [0.25, 0.3) is 0 Å². The molecule has 1 aliphatic heterocycles. The number of benzene rings is 1. The predicted molar refractivity (Wildman–Crippen MR) is 103 cm³/mol. The molecule has 5 nitrogen and oxygen atoms in total. The van der Waals surface area contributed by atoms with Gasteiger partial charge in [-0.05, 0) is 61.3 Å². The zero-order chi connectivity index (χ0) is 17.5. The maximum atomic E-state index is 12.4. The molecule has 1 fully saturated rings. The summed E-state index contributed by atoms with van der Waals surface area (Å²) in [6.45, 7) is 4.77. The second-order valence-corrected chi connectivity index (χ2v) is 7.71. The Morgan fingerprint density at radius 1 is 1.28 bits per heavy atom. The lowest BCUT2D eigenvalue weighted by molar-refractivity contribution is 0.177. The fourth-order valence-electron chi connectivity index (χ4n) is 3.18. The molecule has 25 heavy (non-hydrogen) atoms. The van der Waals surface area contributed by atoms with Gasteiger partial charge >= 0.3 is 6.03 Å². The average molecular weight is 359 g/mol. The molecule has 3 rings (SSSR count). The highest BCUT2D eigenvalue weighted by molar-refractivity contribution is 7.99. The molecule has 2 heterocycles. The number of urea groups is 1. The first-order valence-corrected chi connectivity index (χ1v) is 9.99. The van der Waals surface area contributed by atoms with Crippen LogP contribution >= 0.6 is 11.8 Å². The number of nitrogens with one attached hydrogen (secondary N) is 1. The number of aryl methyl sites for hydroxylation is 1. The second kappa shape index (κ2) is 8.94. The third-order valence-corrected chi connectivity index (χ3v) is 5.54. The summed E-state index contributed by atoms with van der Waals surface area (Å²) in [5.41, 5.74) is 0.867. The van der Waals surface area contributed by atoms with Crippen LogP contribution in [-0.2, 0) is 6.54 Å². The number of amides is 2. The van der Waals surface area contributed by atoms with Gasteiger partial charge in [0, 0.05) is 42.6 Å². The standard InChI is InChI=1S/C19H26N4OS/c1-2-25-18-6-4-17(5-7-18)21-19(24)22-13-8-16(9-14-22)10-15-23-12-3-11-20-23/h3-7,11-12,16H,2,8-10,13-15H2,1H3,(H,21,24). The van der Waals surface area contributed by atoms with Crippen LogP contribution in [0.1, 0.15) is 26.2 Å². The maximum Gasteiger partial charge on any atom is 0.321 e. The zero-order valence-corrected chi connectivity index (χ0v) is 15.5. The quantitative estimate of drug-likeness (QED) is 0.782. The van der Waals surface area contributed by atoms with Crippen molar-refractivity contribution in [3.8, 4) is 0 Å². The number of anilines is 1. The van der Waals surface area contributed by atoms with E-state index in [-0.39, 0.29) is 6.03 Å². The summed E-state index contributed by atoms with van der Waals surface area (Å²) >= 11 is 1.81. The number of carbonyl (C=O) groups excluding carboxylic acids is 1. The van der Waals surface area contributed by atoms with Crippen molar-refractivity contribution >= 4 is 23.5 Å². The molecule has 0 spiro atoms. The Bertz CT molecular complexity index is 649. The normalized spacial score (nSPS) is 15.3. The highest BCUT2D eigenvalue weighted by Gasteiger charge is 2.22. The van der Waals surface area contributed by atoms with E-state index in [4.69, 9.17) is 0 Å². The Morgan fingerprint density at radius 3 is 2.68 bits per heavy atom. The number of likely N-dealkylation sites (tertiary alicyclic amines) is 1. The van der Waals surface area contributed by atoms with Crippen LogP contribution in [0.5, 0.6) is 0 Å². The molecule has 1 aromatic heterocycles. The number of thioether (sulfide) groups is 1. The molecule has 0 bridgehead atoms. The Kier molecular flexibility index (Phi) is 6.39. The lowest BCUT2D eigenvalue weighted by atomic mass is 9.94. The van der Waals surface area contributed by atoms with Crippen LogP contribution in [-0.4, -0.2) is 39.6 Å². The first-order valence-electron chi connectivity index (χ1n) is 9.01. The summed E-state index contributed by atoms with van der Waals surface area (Å²) in [6.07, 6.45) is 7.10. The van der Waals surface area contributed by atoms with E-state index >= 15 is 0 Å². The zero-order valence-electron chi connectivity index (χ0n) is 14.7. The molecule has 1 saturated heterocycles. The van der Waals surface area contributed by atoms with E-state index in [0.29, 0.717) is 5.92 Å². The monoisotopic (exact) mass is 358 g/mol. The molecule has 1 aliphatic rings. The van der Waals surface area contributed by atoms with Crippen LogP contribution in [0.25, 0.3) is 0 Å². The van der Waals surface area contributed by atoms with Crippen LogP contribution in [0.3, 0.4) is 0 Å². The number of nitrogens with zero attached hydrogens (tertiary/aromatic N) is 3. The smallest absolute Gasteiger partial charge is 0.321 e. The molecule has 6 heteroatoms. The van der Waals surface area contributed by atoms with Crippen LogP contribution in [0.2, 0.25) is 0 Å². The minimum Gasteiger partial charge on any atom is -0.325 e. The van der Waals surface area contributed by atoms with Gasteiger partial charge in [0.1, 0.15) is 0 Å². The molecular weight excluding hydrogens is 332 g/mol. The van der Waals surface area contributed by atoms with Crippen molar-refractivity contribution in [1.29, 1.82) is 0 Å². The Hall–Kier alpha value is -1.95. The van der Waals surface area contributed by atoms with Crippen LogP contribution < -0.4 is 5.32 Å². The van der Waals surface area contributed by atoms with Crippen molar-refractivity contribution in [3.63, 3.8) is 0 Å². The van der Waals surface area contributed by atoms with Crippen LogP contribution in [0.4, 0.5) is 10.5 Å². The van der Waals surface area contributed by atoms with Crippen molar-refractivity contribution in [2.75, 3.05) is 24.2 Å². The lowest BCUT2D eigenvalue weighted by Gasteiger charge is -2.32. The predicted octanol–water partition coefficient (Wildman–Crippen LogP) is 4.33. The van der Waals surface area contributed by atoms with Gasteiger partial charge in [-0.25, -0.2) is 4.79 Å². The van der Waals surface area contributed by atoms with E-state index < -0.39 is 0 Å². The number of hydrogen-bond donors (Lipinski definition) is 1. The molecule has 2 amide bonds. The van der Waals surface area contributed by atoms with E-state index in [2.05, 4.69) is 29.5 Å². The van der Waals surface area contributed by atoms with Crippen molar-refractivity contribution in [1.82, 2.24) is 14.7 Å². The summed E-state index contributed by atoms with van der Waals surface area (Å²) < 4.78 is 1.99. The van der Waals surface area contributed by atoms with E-state index in [1.807, 2.05) is 40.2 Å². The second-order valence-electron chi connectivity index (χ2n) is 6.38. The van der Waals surface area contributed by atoms with E-state index in [1.165, 1.54) is 4.90 Å². The van der Waals surface area contributed by atoms with Gasteiger partial charge in [-0.1, -0.05) is 6.92 Å². The first kappa shape index (κ1) is 17.9. The van der Waals surface area contributed by atoms with Gasteiger partial charge in [0.05, 0.1) is 0 Å². The fourth-order valence-corrected chi connectivity index (χ4v) is 3.84. The van der Waals surface area contributed by atoms with Crippen LogP contribution in [0.15, 0.2) is 47.6 Å². The third kappa shape index (κ3) is 5.26. The minimum absolute atomic E-state index is 0.0152. The van der Waals surface area contributed by atoms with Crippen molar-refractivity contribution in [2.24, 2.45) is 5.92 Å². The highest BCUT2D eigenvalue weighted by Crippen LogP contribution is 2.23. The average Bonchev–Trinajstić information content (AvgIpc) is 3.16. The largest absolute Gasteiger partial charge is 0.325 e. The number of carbonyl (C=O) groups is 1. The number of aromatic nitrogens is 2. The van der Waals surface area contributed by atoms with E-state index in [9.17, 15) is 4.79 Å². The summed E-state index contributed by atoms with van der Waals surface area (Å²) in [4.78, 5) is 15.6. The van der Waals surface area contributed by atoms with Gasteiger partial charge in [0.15, 0.2) is 0 Å². The highest BCUT2D eigenvalue weighted by atomic mass is 32.2. The Morgan fingerprint density at radius 2 is 2.04 bits per heavy atom. The van der Waals surface area contributed by atoms with E-state index in [0.717, 1.165) is 50.3 Å². The van der Waals surface area contributed by atoms with Crippen molar-refractivity contribution in [3.05, 3.63) is 42.7 Å². The molecule has 0 aliphatic carbocycles. The molecular formula is C19H26N4OS. The van der Waals surface area contributed by atoms with Gasteiger partial charge < -0.3 is 10.2 Å². The molecule has 2 aromatic rings. The molecule has 1 aromatic carbocycles. The Balaban J connectivity index is 1.41. The topological polar surface area (TPSA) is 50.2 Å².